The van der Waals surface area contributed by atoms with Gasteiger partial charge in [-0.3, -0.25) is 0 Å². The summed E-state index contributed by atoms with van der Waals surface area (Å²) in [7, 11) is 2.00. The van der Waals surface area contributed by atoms with E-state index in [2.05, 4.69) is 25.7 Å². The number of allylic oxidation sites excluding steroid dienone is 1. The van der Waals surface area contributed by atoms with E-state index in [0.717, 1.165) is 14.2 Å². The van der Waals surface area contributed by atoms with Gasteiger partial charge in [0.15, 0.2) is 0 Å². The predicted octanol–water partition coefficient (Wildman–Crippen LogP) is 4.84. The Kier molecular flexibility index (Phi) is 109. The summed E-state index contributed by atoms with van der Waals surface area (Å²) in [6.45, 7) is 21.1. The Bertz CT molecular complexity index is 137. The molecule has 1 fully saturated rings. The molecule has 0 aromatic carbocycles. The van der Waals surface area contributed by atoms with Gasteiger partial charge in [-0.25, -0.2) is 0 Å². The Balaban J connectivity index is -0.0000000314. The van der Waals surface area contributed by atoms with Crippen molar-refractivity contribution in [2.75, 3.05) is 20.8 Å². The van der Waals surface area contributed by atoms with Crippen molar-refractivity contribution in [3.8, 4) is 0 Å². The van der Waals surface area contributed by atoms with Crippen LogP contribution in [0.15, 0.2) is 12.7 Å². The number of rotatable bonds is 2. The highest BCUT2D eigenvalue weighted by atomic mass is 16.2. The second-order valence-corrected chi connectivity index (χ2v) is 3.75. The molecule has 4 nitrogen and oxygen atoms in total. The van der Waals surface area contributed by atoms with Crippen LogP contribution in [0.25, 0.3) is 0 Å². The first-order chi connectivity index (χ1) is 10.7. The van der Waals surface area contributed by atoms with Crippen molar-refractivity contribution in [2.45, 2.75) is 87.1 Å². The van der Waals surface area contributed by atoms with Gasteiger partial charge < -0.3 is 20.3 Å². The molecule has 0 aromatic rings. The van der Waals surface area contributed by atoms with Gasteiger partial charge in [0.2, 0.25) is 0 Å². The quantitative estimate of drug-likeness (QED) is 0.629. The van der Waals surface area contributed by atoms with Gasteiger partial charge in [0.05, 0.1) is 0 Å². The fourth-order valence-corrected chi connectivity index (χ4v) is 1.72. The van der Waals surface area contributed by atoms with Crippen molar-refractivity contribution < 1.29 is 15.0 Å². The van der Waals surface area contributed by atoms with Crippen molar-refractivity contribution in [2.24, 2.45) is 0 Å². The number of nitrogens with one attached hydrogen (secondary N) is 1. The summed E-state index contributed by atoms with van der Waals surface area (Å²) >= 11 is 0. The largest absolute Gasteiger partial charge is 0.400 e. The number of carbonyl (C=O) groups is 1. The topological polar surface area (TPSA) is 69.6 Å². The molecule has 0 aromatic heterocycles. The molecule has 1 aliphatic heterocycles. The molecular formula is C19H49NO3. The molecule has 0 radical (unpaired) electrons. The highest BCUT2D eigenvalue weighted by Gasteiger charge is 2.25. The maximum Gasteiger partial charge on any atom is 0.106 e. The van der Waals surface area contributed by atoms with Gasteiger partial charge >= 0.3 is 0 Å². The lowest BCUT2D eigenvalue weighted by molar-refractivity contribution is -0.0979. The van der Waals surface area contributed by atoms with Crippen LogP contribution < -0.4 is 5.32 Å². The van der Waals surface area contributed by atoms with Gasteiger partial charge in [-0.15, -0.1) is 6.58 Å². The van der Waals surface area contributed by atoms with E-state index in [9.17, 15) is 0 Å². The molecule has 1 atom stereocenters. The van der Waals surface area contributed by atoms with Crippen LogP contribution in [0.3, 0.4) is 0 Å². The van der Waals surface area contributed by atoms with Crippen molar-refractivity contribution in [3.63, 3.8) is 0 Å². The van der Waals surface area contributed by atoms with E-state index in [0.29, 0.717) is 5.54 Å². The summed E-state index contributed by atoms with van der Waals surface area (Å²) in [6, 6.07) is 0. The van der Waals surface area contributed by atoms with E-state index in [-0.39, 0.29) is 7.43 Å². The Morgan fingerprint density at radius 2 is 1.39 bits per heavy atom. The van der Waals surface area contributed by atoms with Crippen LogP contribution in [0.4, 0.5) is 0 Å². The summed E-state index contributed by atoms with van der Waals surface area (Å²) < 4.78 is 0. The van der Waals surface area contributed by atoms with Crippen LogP contribution >= 0.6 is 0 Å². The van der Waals surface area contributed by atoms with E-state index >= 15 is 0 Å². The van der Waals surface area contributed by atoms with Crippen LogP contribution in [0.5, 0.6) is 0 Å². The van der Waals surface area contributed by atoms with Gasteiger partial charge in [-0.1, -0.05) is 54.5 Å². The lowest BCUT2D eigenvalue weighted by Crippen LogP contribution is -2.35. The average Bonchev–Trinajstić information content (AvgIpc) is 3.04. The zero-order valence-corrected chi connectivity index (χ0v) is 16.8. The predicted molar refractivity (Wildman–Crippen MR) is 109 cm³/mol. The smallest absolute Gasteiger partial charge is 0.106 e. The summed E-state index contributed by atoms with van der Waals surface area (Å²) in [5, 5.41) is 17.5. The Morgan fingerprint density at radius 1 is 1.09 bits per heavy atom. The van der Waals surface area contributed by atoms with Crippen LogP contribution in [0.1, 0.15) is 81.6 Å². The minimum absolute atomic E-state index is 0. The summed E-state index contributed by atoms with van der Waals surface area (Å²) in [5.41, 5.74) is 0.495. The van der Waals surface area contributed by atoms with E-state index < -0.39 is 0 Å². The van der Waals surface area contributed by atoms with Crippen molar-refractivity contribution in [3.05, 3.63) is 12.7 Å². The van der Waals surface area contributed by atoms with Crippen LogP contribution in [-0.2, 0) is 4.79 Å². The molecule has 0 bridgehead atoms. The SMILES string of the molecule is C.C=CC.C=O.CC.CC.CCCC1(C)CCCN1.CO.CO. The lowest BCUT2D eigenvalue weighted by atomic mass is 9.95. The molecule has 1 aliphatic rings. The van der Waals surface area contributed by atoms with Gasteiger partial charge in [-0.05, 0) is 39.7 Å². The second-order valence-electron chi connectivity index (χ2n) is 3.75. The highest BCUT2D eigenvalue weighted by Crippen LogP contribution is 2.22. The fraction of sp³-hybridized carbons (Fsp3) is 0.842. The third kappa shape index (κ3) is 52.4. The normalized spacial score (nSPS) is 15.6. The molecule has 3 N–H and O–H groups in total. The molecule has 1 unspecified atom stereocenters. The van der Waals surface area contributed by atoms with E-state index in [1.165, 1.54) is 32.2 Å². The van der Waals surface area contributed by atoms with E-state index in [1.54, 1.807) is 6.08 Å². The fourth-order valence-electron chi connectivity index (χ4n) is 1.72. The molecule has 0 amide bonds. The molecule has 0 aliphatic carbocycles. The van der Waals surface area contributed by atoms with Gasteiger partial charge in [-0.2, -0.15) is 0 Å². The molecule has 148 valence electrons. The monoisotopic (exact) mass is 339 g/mol. The van der Waals surface area contributed by atoms with Gasteiger partial charge in [0, 0.05) is 19.8 Å². The van der Waals surface area contributed by atoms with E-state index in [4.69, 9.17) is 15.0 Å². The third-order valence-electron chi connectivity index (χ3n) is 2.26. The maximum absolute atomic E-state index is 8.00. The van der Waals surface area contributed by atoms with Crippen LogP contribution in [0.2, 0.25) is 0 Å². The third-order valence-corrected chi connectivity index (χ3v) is 2.26. The van der Waals surface area contributed by atoms with Crippen LogP contribution in [-0.4, -0.2) is 43.3 Å². The molecular weight excluding hydrogens is 290 g/mol. The van der Waals surface area contributed by atoms with Crippen molar-refractivity contribution in [1.82, 2.24) is 5.32 Å². The molecule has 1 saturated heterocycles. The lowest BCUT2D eigenvalue weighted by Gasteiger charge is -2.22. The zero-order chi connectivity index (χ0) is 19.4. The standard InChI is InChI=1S/C8H17N.C3H6.2C2H6.2CH4O.CH2O.CH4/c1-3-5-8(2)6-4-7-9-8;1-3-2;5*1-2;/h9H,3-7H2,1-2H3;3H,1H2,2H3;2*1-2H3;2*2H,1H3;1H2;1H4. The molecule has 23 heavy (non-hydrogen) atoms. The molecule has 1 heterocycles. The average molecular weight is 340 g/mol. The number of aliphatic hydroxyl groups excluding tert-OH is 2. The van der Waals surface area contributed by atoms with Crippen molar-refractivity contribution >= 4 is 6.79 Å². The molecule has 4 heteroatoms. The summed E-state index contributed by atoms with van der Waals surface area (Å²) in [5.74, 6) is 0. The van der Waals surface area contributed by atoms with Gasteiger partial charge in [0.25, 0.3) is 0 Å². The van der Waals surface area contributed by atoms with Crippen molar-refractivity contribution in [1.29, 1.82) is 0 Å². The first kappa shape index (κ1) is 43.2. The molecule has 0 saturated carbocycles. The minimum Gasteiger partial charge on any atom is -0.400 e. The summed E-state index contributed by atoms with van der Waals surface area (Å²) in [6.07, 6.45) is 7.15. The maximum atomic E-state index is 8.00. The highest BCUT2D eigenvalue weighted by molar-refractivity contribution is 5.10. The first-order valence-corrected chi connectivity index (χ1v) is 8.19. The summed E-state index contributed by atoms with van der Waals surface area (Å²) in [4.78, 5) is 8.00. The Labute approximate surface area is 148 Å². The Morgan fingerprint density at radius 3 is 1.57 bits per heavy atom. The number of hydrogen-bond donors (Lipinski definition) is 3. The minimum atomic E-state index is 0. The first-order valence-electron chi connectivity index (χ1n) is 8.19. The Hall–Kier alpha value is -0.710. The van der Waals surface area contributed by atoms with E-state index in [1.807, 2.05) is 41.4 Å². The number of carbonyl (C=O) groups excluding carboxylic acids is 1. The zero-order valence-electron chi connectivity index (χ0n) is 16.8. The van der Waals surface area contributed by atoms with Crippen LogP contribution in [0, 0.1) is 0 Å². The second kappa shape index (κ2) is 58.0. The molecule has 1 rings (SSSR count). The number of aliphatic hydroxyl groups is 2. The molecule has 0 spiro atoms. The van der Waals surface area contributed by atoms with Gasteiger partial charge in [0.1, 0.15) is 6.79 Å². The number of hydrogen-bond acceptors (Lipinski definition) is 4.